The average molecular weight is 463 g/mol. The van der Waals surface area contributed by atoms with E-state index >= 15 is 0 Å². The van der Waals surface area contributed by atoms with E-state index in [2.05, 4.69) is 20.5 Å². The Morgan fingerprint density at radius 3 is 2.71 bits per heavy atom. The number of rotatable bonds is 5. The normalized spacial score (nSPS) is 19.8. The molecule has 3 aliphatic rings. The Bertz CT molecular complexity index is 1140. The molecule has 3 aliphatic heterocycles. The summed E-state index contributed by atoms with van der Waals surface area (Å²) in [5.74, 6) is -0.132. The molecule has 0 bridgehead atoms. The van der Waals surface area contributed by atoms with Crippen molar-refractivity contribution in [1.82, 2.24) is 15.2 Å². The molecule has 4 heterocycles. The number of benzene rings is 1. The summed E-state index contributed by atoms with van der Waals surface area (Å²) < 4.78 is 5.31. The lowest BCUT2D eigenvalue weighted by Crippen LogP contribution is -2.52. The number of hydrogen-bond acceptors (Lipinski definition) is 7. The summed E-state index contributed by atoms with van der Waals surface area (Å²) in [6, 6.07) is 8.29. The van der Waals surface area contributed by atoms with E-state index in [1.54, 1.807) is 30.5 Å². The van der Waals surface area contributed by atoms with Gasteiger partial charge in [-0.25, -0.2) is 9.78 Å². The standard InChI is InChI=1S/C24H25N5O5/c30-21-8-6-19(22(31)27-21)29-13-16-4-3-15(11-18(16)23(29)32)14-34-24(33)26-17-5-7-20(25-12-17)28-9-1-2-10-28/h3-5,7,11-12,19H,1-2,6,8-10,13-14H2,(H,26,33)(H,27,30,31). The van der Waals surface area contributed by atoms with Gasteiger partial charge in [-0.3, -0.25) is 25.0 Å². The minimum Gasteiger partial charge on any atom is -0.444 e. The summed E-state index contributed by atoms with van der Waals surface area (Å²) in [5.41, 5.74) is 2.48. The van der Waals surface area contributed by atoms with Crippen LogP contribution in [-0.4, -0.2) is 52.8 Å². The molecule has 0 saturated carbocycles. The Hall–Kier alpha value is -3.95. The van der Waals surface area contributed by atoms with E-state index in [4.69, 9.17) is 4.74 Å². The molecule has 176 valence electrons. The van der Waals surface area contributed by atoms with E-state index < -0.39 is 18.0 Å². The number of carbonyl (C=O) groups is 4. The summed E-state index contributed by atoms with van der Waals surface area (Å²) in [5, 5.41) is 4.95. The van der Waals surface area contributed by atoms with Crippen molar-refractivity contribution in [2.24, 2.45) is 0 Å². The highest BCUT2D eigenvalue weighted by Crippen LogP contribution is 2.28. The molecular formula is C24H25N5O5. The predicted molar refractivity (Wildman–Crippen MR) is 122 cm³/mol. The van der Waals surface area contributed by atoms with Crippen LogP contribution in [0.15, 0.2) is 36.5 Å². The van der Waals surface area contributed by atoms with Gasteiger partial charge in [0.15, 0.2) is 0 Å². The van der Waals surface area contributed by atoms with Gasteiger partial charge in [-0.2, -0.15) is 0 Å². The van der Waals surface area contributed by atoms with Gasteiger partial charge in [-0.15, -0.1) is 0 Å². The molecular weight excluding hydrogens is 438 g/mol. The van der Waals surface area contributed by atoms with Gasteiger partial charge in [0.1, 0.15) is 18.5 Å². The number of nitrogens with one attached hydrogen (secondary N) is 2. The monoisotopic (exact) mass is 463 g/mol. The van der Waals surface area contributed by atoms with Crippen molar-refractivity contribution in [1.29, 1.82) is 0 Å². The van der Waals surface area contributed by atoms with Gasteiger partial charge in [0, 0.05) is 31.6 Å². The molecule has 2 saturated heterocycles. The molecule has 10 heteroatoms. The molecule has 34 heavy (non-hydrogen) atoms. The Morgan fingerprint density at radius 2 is 1.97 bits per heavy atom. The molecule has 5 rings (SSSR count). The molecule has 1 aromatic heterocycles. The van der Waals surface area contributed by atoms with E-state index in [-0.39, 0.29) is 24.8 Å². The SMILES string of the molecule is O=C1CCC(N2Cc3ccc(COC(=O)Nc4ccc(N5CCCC5)nc4)cc3C2=O)C(=O)N1. The number of fused-ring (bicyclic) bond motifs is 1. The average Bonchev–Trinajstić information content (AvgIpc) is 3.47. The van der Waals surface area contributed by atoms with Crippen molar-refractivity contribution in [3.8, 4) is 0 Å². The molecule has 2 fully saturated rings. The molecule has 0 radical (unpaired) electrons. The second kappa shape index (κ2) is 9.12. The number of amides is 4. The summed E-state index contributed by atoms with van der Waals surface area (Å²) in [6.45, 7) is 2.29. The second-order valence-electron chi connectivity index (χ2n) is 8.69. The van der Waals surface area contributed by atoms with Crippen LogP contribution in [0.25, 0.3) is 0 Å². The Labute approximate surface area is 196 Å². The van der Waals surface area contributed by atoms with Gasteiger partial charge in [0.05, 0.1) is 11.9 Å². The van der Waals surface area contributed by atoms with Gasteiger partial charge in [-0.1, -0.05) is 12.1 Å². The zero-order valence-corrected chi connectivity index (χ0v) is 18.6. The molecule has 2 N–H and O–H groups in total. The molecule has 1 atom stereocenters. The molecule has 0 aliphatic carbocycles. The number of imide groups is 1. The summed E-state index contributed by atoms with van der Waals surface area (Å²) in [6.07, 6.45) is 3.84. The second-order valence-corrected chi connectivity index (χ2v) is 8.69. The van der Waals surface area contributed by atoms with Gasteiger partial charge < -0.3 is 14.5 Å². The van der Waals surface area contributed by atoms with Gasteiger partial charge >= 0.3 is 6.09 Å². The number of carbonyl (C=O) groups excluding carboxylic acids is 4. The third-order valence-corrected chi connectivity index (χ3v) is 6.39. The van der Waals surface area contributed by atoms with Crippen LogP contribution in [0.1, 0.15) is 47.2 Å². The van der Waals surface area contributed by atoms with Crippen molar-refractivity contribution in [3.05, 3.63) is 53.2 Å². The lowest BCUT2D eigenvalue weighted by atomic mass is 10.0. The van der Waals surface area contributed by atoms with E-state index in [1.807, 2.05) is 6.07 Å². The fourth-order valence-electron chi connectivity index (χ4n) is 4.59. The number of nitrogens with zero attached hydrogens (tertiary/aromatic N) is 3. The van der Waals surface area contributed by atoms with Crippen molar-refractivity contribution in [2.75, 3.05) is 23.3 Å². The Balaban J connectivity index is 1.16. The zero-order chi connectivity index (χ0) is 23.7. The topological polar surface area (TPSA) is 121 Å². The van der Waals surface area contributed by atoms with Crippen LogP contribution in [-0.2, 0) is 27.5 Å². The summed E-state index contributed by atoms with van der Waals surface area (Å²) in [7, 11) is 0. The molecule has 1 unspecified atom stereocenters. The molecule has 0 spiro atoms. The highest BCUT2D eigenvalue weighted by Gasteiger charge is 2.39. The van der Waals surface area contributed by atoms with Crippen LogP contribution >= 0.6 is 0 Å². The van der Waals surface area contributed by atoms with Crippen LogP contribution in [0.5, 0.6) is 0 Å². The van der Waals surface area contributed by atoms with Crippen LogP contribution in [0.4, 0.5) is 16.3 Å². The maximum atomic E-state index is 12.9. The molecule has 4 amide bonds. The van der Waals surface area contributed by atoms with Gasteiger partial charge in [0.25, 0.3) is 5.91 Å². The van der Waals surface area contributed by atoms with Crippen LogP contribution in [0.3, 0.4) is 0 Å². The summed E-state index contributed by atoms with van der Waals surface area (Å²) >= 11 is 0. The Morgan fingerprint density at radius 1 is 1.15 bits per heavy atom. The molecule has 10 nitrogen and oxygen atoms in total. The fourth-order valence-corrected chi connectivity index (χ4v) is 4.59. The number of pyridine rings is 1. The highest BCUT2D eigenvalue weighted by atomic mass is 16.5. The minimum atomic E-state index is -0.659. The van der Waals surface area contributed by atoms with Gasteiger partial charge in [-0.05, 0) is 48.6 Å². The van der Waals surface area contributed by atoms with Crippen molar-refractivity contribution in [2.45, 2.75) is 44.9 Å². The molecule has 1 aromatic carbocycles. The maximum Gasteiger partial charge on any atom is 0.412 e. The van der Waals surface area contributed by atoms with Crippen LogP contribution in [0, 0.1) is 0 Å². The first-order chi connectivity index (χ1) is 16.5. The molecule has 2 aromatic rings. The maximum absolute atomic E-state index is 12.9. The van der Waals surface area contributed by atoms with Crippen molar-refractivity contribution in [3.63, 3.8) is 0 Å². The van der Waals surface area contributed by atoms with Gasteiger partial charge in [0.2, 0.25) is 11.8 Å². The third kappa shape index (κ3) is 4.43. The van der Waals surface area contributed by atoms with Crippen molar-refractivity contribution < 1.29 is 23.9 Å². The lowest BCUT2D eigenvalue weighted by Gasteiger charge is -2.29. The quantitative estimate of drug-likeness (QED) is 0.652. The summed E-state index contributed by atoms with van der Waals surface area (Å²) in [4.78, 5) is 56.8. The Kier molecular flexibility index (Phi) is 5.87. The van der Waals surface area contributed by atoms with E-state index in [1.165, 1.54) is 4.90 Å². The first-order valence-electron chi connectivity index (χ1n) is 11.4. The lowest BCUT2D eigenvalue weighted by molar-refractivity contribution is -0.136. The largest absolute Gasteiger partial charge is 0.444 e. The fraction of sp³-hybridized carbons (Fsp3) is 0.375. The number of ether oxygens (including phenoxy) is 1. The van der Waals surface area contributed by atoms with Crippen LogP contribution < -0.4 is 15.5 Å². The minimum absolute atomic E-state index is 0.00982. The number of hydrogen-bond donors (Lipinski definition) is 2. The van der Waals surface area contributed by atoms with Crippen molar-refractivity contribution >= 4 is 35.3 Å². The van der Waals surface area contributed by atoms with Crippen LogP contribution in [0.2, 0.25) is 0 Å². The zero-order valence-electron chi connectivity index (χ0n) is 18.6. The first kappa shape index (κ1) is 21.9. The highest BCUT2D eigenvalue weighted by molar-refractivity contribution is 6.05. The number of anilines is 2. The van der Waals surface area contributed by atoms with E-state index in [0.717, 1.165) is 37.3 Å². The third-order valence-electron chi connectivity index (χ3n) is 6.39. The smallest absolute Gasteiger partial charge is 0.412 e. The van der Waals surface area contributed by atoms with E-state index in [0.29, 0.717) is 29.8 Å². The number of piperidine rings is 1. The first-order valence-corrected chi connectivity index (χ1v) is 11.4. The predicted octanol–water partition coefficient (Wildman–Crippen LogP) is 2.19. The van der Waals surface area contributed by atoms with E-state index in [9.17, 15) is 19.2 Å². The number of aromatic nitrogens is 1.